The Labute approximate surface area is 89.1 Å². The second-order valence-electron chi connectivity index (χ2n) is 2.40. The number of halogens is 4. The summed E-state index contributed by atoms with van der Waals surface area (Å²) < 4.78 is 24.8. The molecule has 1 aromatic rings. The molecule has 0 atom stereocenters. The molecule has 0 saturated heterocycles. The van der Waals surface area contributed by atoms with E-state index in [4.69, 9.17) is 28.5 Å². The first kappa shape index (κ1) is 11.2. The highest BCUT2D eigenvalue weighted by Crippen LogP contribution is 2.27. The van der Waals surface area contributed by atoms with Crippen molar-refractivity contribution in [3.8, 4) is 6.07 Å². The van der Waals surface area contributed by atoms with Crippen LogP contribution < -0.4 is 0 Å². The van der Waals surface area contributed by atoms with Crippen molar-refractivity contribution in [2.45, 2.75) is 12.3 Å². The predicted octanol–water partition coefficient (Wildman–Crippen LogP) is 3.28. The first-order chi connectivity index (χ1) is 6.60. The number of hydrogen-bond donors (Lipinski definition) is 0. The van der Waals surface area contributed by atoms with E-state index in [9.17, 15) is 8.78 Å². The maximum atomic E-state index is 12.4. The molecule has 2 nitrogen and oxygen atoms in total. The van der Waals surface area contributed by atoms with E-state index < -0.39 is 12.1 Å². The molecule has 0 amide bonds. The quantitative estimate of drug-likeness (QED) is 0.740. The Morgan fingerprint density at radius 1 is 1.57 bits per heavy atom. The number of hydrogen-bond acceptors (Lipinski definition) is 2. The highest BCUT2D eigenvalue weighted by atomic mass is 35.5. The highest BCUT2D eigenvalue weighted by Gasteiger charge is 2.18. The molecule has 0 radical (unpaired) electrons. The summed E-state index contributed by atoms with van der Waals surface area (Å²) in [5, 5.41) is 8.52. The first-order valence-electron chi connectivity index (χ1n) is 3.53. The fourth-order valence-corrected chi connectivity index (χ4v) is 1.32. The number of aromatic nitrogens is 1. The molecule has 0 unspecified atom stereocenters. The van der Waals surface area contributed by atoms with Crippen molar-refractivity contribution in [3.63, 3.8) is 0 Å². The molecule has 1 aromatic heterocycles. The van der Waals surface area contributed by atoms with Crippen LogP contribution in [-0.2, 0) is 5.88 Å². The van der Waals surface area contributed by atoms with Crippen LogP contribution in [0, 0.1) is 11.3 Å². The molecule has 0 aliphatic carbocycles. The predicted molar refractivity (Wildman–Crippen MR) is 48.5 cm³/mol. The molecule has 0 aliphatic rings. The van der Waals surface area contributed by atoms with Gasteiger partial charge in [-0.05, 0) is 6.07 Å². The van der Waals surface area contributed by atoms with Crippen molar-refractivity contribution in [2.24, 2.45) is 0 Å². The van der Waals surface area contributed by atoms with E-state index in [1.54, 1.807) is 6.07 Å². The smallest absolute Gasteiger partial charge is 0.249 e. The van der Waals surface area contributed by atoms with E-state index in [1.807, 2.05) is 0 Å². The SMILES string of the molecule is N#Cc1c(Cl)cc(CCl)nc1C(F)F. The monoisotopic (exact) mass is 236 g/mol. The van der Waals surface area contributed by atoms with E-state index in [2.05, 4.69) is 4.98 Å². The number of nitrogens with zero attached hydrogens (tertiary/aromatic N) is 2. The van der Waals surface area contributed by atoms with Gasteiger partial charge in [-0.15, -0.1) is 11.6 Å². The largest absolute Gasteiger partial charge is 0.281 e. The fourth-order valence-electron chi connectivity index (χ4n) is 0.921. The molecular formula is C8H4Cl2F2N2. The van der Waals surface area contributed by atoms with E-state index in [0.717, 1.165) is 0 Å². The Balaban J connectivity index is 3.37. The molecule has 6 heteroatoms. The number of nitriles is 1. The average molecular weight is 237 g/mol. The molecule has 0 spiro atoms. The molecule has 0 N–H and O–H groups in total. The second-order valence-corrected chi connectivity index (χ2v) is 3.08. The molecule has 1 heterocycles. The van der Waals surface area contributed by atoms with Gasteiger partial charge in [0, 0.05) is 0 Å². The average Bonchev–Trinajstić information content (AvgIpc) is 2.16. The Morgan fingerprint density at radius 2 is 2.21 bits per heavy atom. The van der Waals surface area contributed by atoms with Crippen molar-refractivity contribution in [1.29, 1.82) is 5.26 Å². The lowest BCUT2D eigenvalue weighted by atomic mass is 10.2. The van der Waals surface area contributed by atoms with Gasteiger partial charge in [-0.3, -0.25) is 0 Å². The molecular weight excluding hydrogens is 233 g/mol. The molecule has 74 valence electrons. The van der Waals surface area contributed by atoms with Crippen LogP contribution in [0.15, 0.2) is 6.07 Å². The van der Waals surface area contributed by atoms with Gasteiger partial charge in [-0.25, -0.2) is 13.8 Å². The summed E-state index contributed by atoms with van der Waals surface area (Å²) in [5.74, 6) is -0.0227. The Kier molecular flexibility index (Phi) is 3.62. The maximum Gasteiger partial charge on any atom is 0.281 e. The van der Waals surface area contributed by atoms with Gasteiger partial charge >= 0.3 is 0 Å². The van der Waals surface area contributed by atoms with Gasteiger partial charge in [0.25, 0.3) is 6.43 Å². The maximum absolute atomic E-state index is 12.4. The lowest BCUT2D eigenvalue weighted by Crippen LogP contribution is -1.99. The van der Waals surface area contributed by atoms with Crippen molar-refractivity contribution >= 4 is 23.2 Å². The van der Waals surface area contributed by atoms with Crippen LogP contribution in [0.4, 0.5) is 8.78 Å². The van der Waals surface area contributed by atoms with Crippen molar-refractivity contribution < 1.29 is 8.78 Å². The van der Waals surface area contributed by atoms with E-state index in [0.29, 0.717) is 0 Å². The minimum Gasteiger partial charge on any atom is -0.249 e. The Bertz CT molecular complexity index is 388. The minimum atomic E-state index is -2.83. The highest BCUT2D eigenvalue weighted by molar-refractivity contribution is 6.32. The Morgan fingerprint density at radius 3 is 2.64 bits per heavy atom. The lowest BCUT2D eigenvalue weighted by molar-refractivity contribution is 0.145. The van der Waals surface area contributed by atoms with Crippen molar-refractivity contribution in [3.05, 3.63) is 28.0 Å². The summed E-state index contributed by atoms with van der Waals surface area (Å²) >= 11 is 11.0. The third-order valence-corrected chi connectivity index (χ3v) is 2.08. The molecule has 1 rings (SSSR count). The molecule has 0 aromatic carbocycles. The van der Waals surface area contributed by atoms with Gasteiger partial charge in [-0.1, -0.05) is 11.6 Å². The first-order valence-corrected chi connectivity index (χ1v) is 4.45. The van der Waals surface area contributed by atoms with E-state index in [1.165, 1.54) is 6.07 Å². The van der Waals surface area contributed by atoms with Gasteiger partial charge in [0.1, 0.15) is 11.8 Å². The van der Waals surface area contributed by atoms with Crippen LogP contribution in [0.2, 0.25) is 5.02 Å². The zero-order valence-electron chi connectivity index (χ0n) is 6.77. The topological polar surface area (TPSA) is 36.7 Å². The summed E-state index contributed by atoms with van der Waals surface area (Å²) in [6, 6.07) is 2.88. The normalized spacial score (nSPS) is 10.3. The number of alkyl halides is 3. The van der Waals surface area contributed by atoms with E-state index >= 15 is 0 Å². The van der Waals surface area contributed by atoms with Crippen LogP contribution in [-0.4, -0.2) is 4.98 Å². The van der Waals surface area contributed by atoms with Crippen LogP contribution in [0.25, 0.3) is 0 Å². The van der Waals surface area contributed by atoms with Crippen LogP contribution in [0.1, 0.15) is 23.4 Å². The standard InChI is InChI=1S/C8H4Cl2F2N2/c9-2-4-1-6(10)5(3-13)7(14-4)8(11)12/h1,8H,2H2. The lowest BCUT2D eigenvalue weighted by Gasteiger charge is -2.05. The molecule has 0 aliphatic heterocycles. The van der Waals surface area contributed by atoms with Crippen molar-refractivity contribution in [1.82, 2.24) is 4.98 Å². The van der Waals surface area contributed by atoms with Gasteiger partial charge in [0.2, 0.25) is 0 Å². The summed E-state index contributed by atoms with van der Waals surface area (Å²) in [4.78, 5) is 3.53. The second kappa shape index (κ2) is 4.54. The summed E-state index contributed by atoms with van der Waals surface area (Å²) in [6.45, 7) is 0. The number of pyridine rings is 1. The van der Waals surface area contributed by atoms with Crippen molar-refractivity contribution in [2.75, 3.05) is 0 Å². The van der Waals surface area contributed by atoms with Gasteiger partial charge in [0.05, 0.1) is 22.2 Å². The zero-order chi connectivity index (χ0) is 10.7. The van der Waals surface area contributed by atoms with E-state index in [-0.39, 0.29) is 22.2 Å². The summed E-state index contributed by atoms with van der Waals surface area (Å²) in [5.41, 5.74) is -0.683. The zero-order valence-corrected chi connectivity index (χ0v) is 8.28. The van der Waals surface area contributed by atoms with Gasteiger partial charge in [-0.2, -0.15) is 5.26 Å². The van der Waals surface area contributed by atoms with Crippen LogP contribution in [0.3, 0.4) is 0 Å². The number of rotatable bonds is 2. The summed E-state index contributed by atoms with van der Waals surface area (Å²) in [7, 11) is 0. The Hall–Kier alpha value is -0.920. The van der Waals surface area contributed by atoms with Crippen LogP contribution in [0.5, 0.6) is 0 Å². The third kappa shape index (κ3) is 2.11. The summed E-state index contributed by atoms with van der Waals surface area (Å²) in [6.07, 6.45) is -2.83. The van der Waals surface area contributed by atoms with Crippen LogP contribution >= 0.6 is 23.2 Å². The third-order valence-electron chi connectivity index (χ3n) is 1.51. The molecule has 0 bridgehead atoms. The minimum absolute atomic E-state index is 0.0227. The van der Waals surface area contributed by atoms with Gasteiger partial charge in [0.15, 0.2) is 0 Å². The molecule has 0 fully saturated rings. The molecule has 14 heavy (non-hydrogen) atoms. The van der Waals surface area contributed by atoms with Gasteiger partial charge < -0.3 is 0 Å². The molecule has 0 saturated carbocycles. The fraction of sp³-hybridized carbons (Fsp3) is 0.250.